The molecule has 1 aromatic carbocycles. The summed E-state index contributed by atoms with van der Waals surface area (Å²) < 4.78 is 44.5. The lowest BCUT2D eigenvalue weighted by atomic mass is 9.98. The molecule has 0 aliphatic carbocycles. The van der Waals surface area contributed by atoms with Crippen molar-refractivity contribution in [3.8, 4) is 0 Å². The molecule has 194 valence electrons. The molecule has 2 aromatic heterocycles. The second-order valence-corrected chi connectivity index (χ2v) is 10.1. The summed E-state index contributed by atoms with van der Waals surface area (Å²) in [6, 6.07) is 7.68. The minimum absolute atomic E-state index is 0.0367. The van der Waals surface area contributed by atoms with Crippen LogP contribution in [0.2, 0.25) is 5.15 Å². The first-order valence-electron chi connectivity index (χ1n) is 12.1. The summed E-state index contributed by atoms with van der Waals surface area (Å²) in [6.07, 6.45) is 4.62. The zero-order valence-electron chi connectivity index (χ0n) is 20.5. The van der Waals surface area contributed by atoms with E-state index in [0.717, 1.165) is 18.1 Å². The van der Waals surface area contributed by atoms with Crippen molar-refractivity contribution in [1.29, 1.82) is 0 Å². The molecule has 2 aliphatic rings. The summed E-state index contributed by atoms with van der Waals surface area (Å²) in [5, 5.41) is -0.0386. The number of likely N-dealkylation sites (tertiary alicyclic amines) is 1. The van der Waals surface area contributed by atoms with E-state index in [1.54, 1.807) is 22.1 Å². The van der Waals surface area contributed by atoms with Gasteiger partial charge in [0.25, 0.3) is 11.8 Å². The Morgan fingerprint density at radius 2 is 1.95 bits per heavy atom. The van der Waals surface area contributed by atoms with Gasteiger partial charge in [-0.15, -0.1) is 0 Å². The van der Waals surface area contributed by atoms with Crippen molar-refractivity contribution in [2.75, 3.05) is 26.2 Å². The number of aromatic nitrogens is 2. The first-order valence-corrected chi connectivity index (χ1v) is 12.5. The fraction of sp³-hybridized carbons (Fsp3) is 0.370. The number of amides is 2. The number of benzene rings is 1. The van der Waals surface area contributed by atoms with Gasteiger partial charge in [-0.2, -0.15) is 0 Å². The van der Waals surface area contributed by atoms with Gasteiger partial charge in [0.15, 0.2) is 5.69 Å². The van der Waals surface area contributed by atoms with Gasteiger partial charge in [-0.3, -0.25) is 14.0 Å². The highest BCUT2D eigenvalue weighted by Gasteiger charge is 2.34. The van der Waals surface area contributed by atoms with Crippen LogP contribution in [0.25, 0.3) is 11.2 Å². The fourth-order valence-electron chi connectivity index (χ4n) is 5.10. The number of carbonyl (C=O) groups excluding carboxylic acids is 2. The highest BCUT2D eigenvalue weighted by molar-refractivity contribution is 6.33. The van der Waals surface area contributed by atoms with Crippen LogP contribution in [-0.4, -0.2) is 57.2 Å². The van der Waals surface area contributed by atoms with E-state index < -0.39 is 11.8 Å². The van der Waals surface area contributed by atoms with Crippen LogP contribution in [0.1, 0.15) is 59.8 Å². The molecule has 2 amide bonds. The van der Waals surface area contributed by atoms with E-state index in [9.17, 15) is 22.8 Å². The van der Waals surface area contributed by atoms with E-state index in [2.05, 4.69) is 4.98 Å². The van der Waals surface area contributed by atoms with Crippen molar-refractivity contribution < 1.29 is 22.8 Å². The number of rotatable bonds is 4. The number of fused-ring (bicyclic) bond motifs is 1. The van der Waals surface area contributed by atoms with Crippen LogP contribution < -0.4 is 0 Å². The number of hydrogen-bond donors (Lipinski definition) is 0. The third-order valence-electron chi connectivity index (χ3n) is 7.16. The Kier molecular flexibility index (Phi) is 6.52. The second-order valence-electron chi connectivity index (χ2n) is 9.71. The normalized spacial score (nSPS) is 18.4. The van der Waals surface area contributed by atoms with Crippen molar-refractivity contribution in [2.24, 2.45) is 0 Å². The third-order valence-corrected chi connectivity index (χ3v) is 7.52. The van der Waals surface area contributed by atoms with Gasteiger partial charge in [0.2, 0.25) is 5.91 Å². The third kappa shape index (κ3) is 4.84. The van der Waals surface area contributed by atoms with Crippen molar-refractivity contribution in [3.63, 3.8) is 0 Å². The predicted molar refractivity (Wildman–Crippen MR) is 134 cm³/mol. The summed E-state index contributed by atoms with van der Waals surface area (Å²) in [5.74, 6) is -4.10. The minimum Gasteiger partial charge on any atom is -0.339 e. The minimum atomic E-state index is -3.23. The number of imidazole rings is 1. The Morgan fingerprint density at radius 1 is 1.16 bits per heavy atom. The molecule has 1 saturated heterocycles. The second kappa shape index (κ2) is 9.52. The molecule has 4 heterocycles. The van der Waals surface area contributed by atoms with Crippen LogP contribution in [0.4, 0.5) is 13.2 Å². The van der Waals surface area contributed by atoms with Crippen LogP contribution in [-0.2, 0) is 10.7 Å². The van der Waals surface area contributed by atoms with Gasteiger partial charge in [-0.25, -0.2) is 18.2 Å². The summed E-state index contributed by atoms with van der Waals surface area (Å²) in [5.41, 5.74) is 1.66. The molecule has 0 spiro atoms. The number of alkyl halides is 2. The topological polar surface area (TPSA) is 57.9 Å². The van der Waals surface area contributed by atoms with E-state index in [1.165, 1.54) is 29.5 Å². The Hall–Kier alpha value is -3.33. The number of hydrogen-bond acceptors (Lipinski definition) is 3. The van der Waals surface area contributed by atoms with Crippen molar-refractivity contribution in [2.45, 2.75) is 38.5 Å². The SMILES string of the molecule is CC(=O)N1CC=C(c2cc(C(C)(F)F)c3nc(C(=O)N4CCC(c5cccc(F)c5)C4)c(Cl)n3c2)CC1. The monoisotopic (exact) mass is 530 g/mol. The van der Waals surface area contributed by atoms with Crippen LogP contribution >= 0.6 is 11.6 Å². The molecule has 3 aromatic rings. The first kappa shape index (κ1) is 25.3. The molecule has 1 unspecified atom stereocenters. The smallest absolute Gasteiger partial charge is 0.275 e. The van der Waals surface area contributed by atoms with E-state index in [-0.39, 0.29) is 39.7 Å². The molecule has 0 bridgehead atoms. The highest BCUT2D eigenvalue weighted by Crippen LogP contribution is 2.36. The van der Waals surface area contributed by atoms with Gasteiger partial charge < -0.3 is 9.80 Å². The standard InChI is InChI=1S/C27H26ClF3N4O2/c1-16(36)33-9-6-17(7-10-33)20-13-22(27(2,30)31)25-32-23(24(28)35(25)15-20)26(37)34-11-8-19(14-34)18-4-3-5-21(29)12-18/h3-6,12-13,15,19H,7-11,14H2,1-2H3. The molecule has 6 nitrogen and oxygen atoms in total. The number of nitrogens with zero attached hydrogens (tertiary/aromatic N) is 4. The van der Waals surface area contributed by atoms with Crippen molar-refractivity contribution in [3.05, 3.63) is 76.0 Å². The van der Waals surface area contributed by atoms with E-state index in [0.29, 0.717) is 44.6 Å². The van der Waals surface area contributed by atoms with E-state index in [1.807, 2.05) is 12.1 Å². The number of halogens is 4. The molecular formula is C27H26ClF3N4O2. The van der Waals surface area contributed by atoms with Gasteiger partial charge in [-0.1, -0.05) is 29.8 Å². The quantitative estimate of drug-likeness (QED) is 0.447. The molecule has 1 fully saturated rings. The van der Waals surface area contributed by atoms with Crippen LogP contribution in [0.15, 0.2) is 42.6 Å². The molecular weight excluding hydrogens is 505 g/mol. The average molecular weight is 531 g/mol. The van der Waals surface area contributed by atoms with E-state index in [4.69, 9.17) is 11.6 Å². The Labute approximate surface area is 217 Å². The molecule has 5 rings (SSSR count). The summed E-state index contributed by atoms with van der Waals surface area (Å²) in [6.45, 7) is 3.93. The Balaban J connectivity index is 1.49. The van der Waals surface area contributed by atoms with Gasteiger partial charge in [0.05, 0.1) is 5.56 Å². The van der Waals surface area contributed by atoms with Crippen molar-refractivity contribution in [1.82, 2.24) is 19.2 Å². The summed E-state index contributed by atoms with van der Waals surface area (Å²) in [7, 11) is 0. The lowest BCUT2D eigenvalue weighted by Gasteiger charge is -2.26. The molecule has 2 aliphatic heterocycles. The number of pyridine rings is 1. The Morgan fingerprint density at radius 3 is 2.59 bits per heavy atom. The molecule has 0 saturated carbocycles. The maximum absolute atomic E-state index is 14.7. The molecule has 37 heavy (non-hydrogen) atoms. The molecule has 0 N–H and O–H groups in total. The zero-order valence-corrected chi connectivity index (χ0v) is 21.2. The van der Waals surface area contributed by atoms with E-state index >= 15 is 0 Å². The Bertz CT molecular complexity index is 1430. The largest absolute Gasteiger partial charge is 0.339 e. The van der Waals surface area contributed by atoms with Crippen LogP contribution in [0, 0.1) is 5.82 Å². The molecule has 1 atom stereocenters. The lowest BCUT2D eigenvalue weighted by Crippen LogP contribution is -2.32. The number of carbonyl (C=O) groups is 2. The predicted octanol–water partition coefficient (Wildman–Crippen LogP) is 5.50. The van der Waals surface area contributed by atoms with Gasteiger partial charge in [0.1, 0.15) is 16.6 Å². The maximum atomic E-state index is 14.7. The summed E-state index contributed by atoms with van der Waals surface area (Å²) >= 11 is 6.59. The first-order chi connectivity index (χ1) is 17.5. The lowest BCUT2D eigenvalue weighted by molar-refractivity contribution is -0.128. The van der Waals surface area contributed by atoms with Gasteiger partial charge in [0, 0.05) is 52.1 Å². The van der Waals surface area contributed by atoms with Gasteiger partial charge in [-0.05, 0) is 47.7 Å². The maximum Gasteiger partial charge on any atom is 0.275 e. The molecule has 0 radical (unpaired) electrons. The highest BCUT2D eigenvalue weighted by atomic mass is 35.5. The zero-order chi connectivity index (χ0) is 26.5. The molecule has 10 heteroatoms. The van der Waals surface area contributed by atoms with Crippen LogP contribution in [0.3, 0.4) is 0 Å². The summed E-state index contributed by atoms with van der Waals surface area (Å²) in [4.78, 5) is 32.6. The average Bonchev–Trinajstić information content (AvgIpc) is 3.48. The van der Waals surface area contributed by atoms with Crippen molar-refractivity contribution >= 4 is 34.6 Å². The van der Waals surface area contributed by atoms with Crippen LogP contribution in [0.5, 0.6) is 0 Å². The fourth-order valence-corrected chi connectivity index (χ4v) is 5.35. The van der Waals surface area contributed by atoms with Gasteiger partial charge >= 0.3 is 0 Å².